The van der Waals surface area contributed by atoms with Crippen LogP contribution in [0.5, 0.6) is 5.75 Å². The standard InChI is InChI=1S/C20H22ClFN2O4S/c1-28-16-5-2-4-15(12-16)23-20(25)14-8-10-24(11-9-14)29(26,27)13-17-18(21)6-3-7-19(17)22/h2-7,12,14H,8-11,13H2,1H3,(H,23,25). The third kappa shape index (κ3) is 5.26. The Labute approximate surface area is 174 Å². The summed E-state index contributed by atoms with van der Waals surface area (Å²) in [7, 11) is -2.19. The molecule has 3 rings (SSSR count). The lowest BCUT2D eigenvalue weighted by Crippen LogP contribution is -2.42. The van der Waals surface area contributed by atoms with Crippen LogP contribution < -0.4 is 10.1 Å². The van der Waals surface area contributed by atoms with E-state index in [1.54, 1.807) is 31.4 Å². The average molecular weight is 441 g/mol. The van der Waals surface area contributed by atoms with E-state index in [9.17, 15) is 17.6 Å². The molecule has 1 amide bonds. The summed E-state index contributed by atoms with van der Waals surface area (Å²) in [5, 5.41) is 2.93. The maximum absolute atomic E-state index is 13.9. The van der Waals surface area contributed by atoms with Gasteiger partial charge in [0.25, 0.3) is 0 Å². The highest BCUT2D eigenvalue weighted by Gasteiger charge is 2.32. The van der Waals surface area contributed by atoms with Crippen LogP contribution in [0.3, 0.4) is 0 Å². The summed E-state index contributed by atoms with van der Waals surface area (Å²) in [6, 6.07) is 11.1. The monoisotopic (exact) mass is 440 g/mol. The Morgan fingerprint density at radius 1 is 1.24 bits per heavy atom. The molecule has 29 heavy (non-hydrogen) atoms. The second kappa shape index (κ2) is 9.11. The summed E-state index contributed by atoms with van der Waals surface area (Å²) in [6.45, 7) is 0.398. The van der Waals surface area contributed by atoms with Crippen molar-refractivity contribution in [2.45, 2.75) is 18.6 Å². The molecule has 1 heterocycles. The second-order valence-corrected chi connectivity index (χ2v) is 9.23. The molecule has 1 aliphatic heterocycles. The predicted octanol–water partition coefficient (Wildman–Crippen LogP) is 3.67. The summed E-state index contributed by atoms with van der Waals surface area (Å²) in [5.74, 6) is -0.972. The van der Waals surface area contributed by atoms with Crippen LogP contribution in [0.25, 0.3) is 0 Å². The minimum atomic E-state index is -3.74. The molecular weight excluding hydrogens is 419 g/mol. The zero-order chi connectivity index (χ0) is 21.0. The summed E-state index contributed by atoms with van der Waals surface area (Å²) < 4.78 is 45.8. The van der Waals surface area contributed by atoms with Gasteiger partial charge >= 0.3 is 0 Å². The first kappa shape index (κ1) is 21.5. The maximum Gasteiger partial charge on any atom is 0.227 e. The van der Waals surface area contributed by atoms with Crippen molar-refractivity contribution in [2.24, 2.45) is 5.92 Å². The topological polar surface area (TPSA) is 75.7 Å². The largest absolute Gasteiger partial charge is 0.497 e. The van der Waals surface area contributed by atoms with Gasteiger partial charge in [-0.1, -0.05) is 23.7 Å². The third-order valence-electron chi connectivity index (χ3n) is 4.94. The van der Waals surface area contributed by atoms with Gasteiger partial charge in [0.2, 0.25) is 15.9 Å². The number of benzene rings is 2. The highest BCUT2D eigenvalue weighted by atomic mass is 35.5. The molecule has 0 unspecified atom stereocenters. The van der Waals surface area contributed by atoms with Gasteiger partial charge in [0.1, 0.15) is 11.6 Å². The first-order valence-electron chi connectivity index (χ1n) is 9.16. The summed E-state index contributed by atoms with van der Waals surface area (Å²) in [6.07, 6.45) is 0.778. The van der Waals surface area contributed by atoms with Crippen molar-refractivity contribution in [3.8, 4) is 5.75 Å². The van der Waals surface area contributed by atoms with Gasteiger partial charge in [0.05, 0.1) is 12.9 Å². The van der Waals surface area contributed by atoms with Gasteiger partial charge in [-0.3, -0.25) is 4.79 Å². The number of piperidine rings is 1. The Kier molecular flexibility index (Phi) is 6.77. The van der Waals surface area contributed by atoms with Crippen molar-refractivity contribution in [1.29, 1.82) is 0 Å². The summed E-state index contributed by atoms with van der Waals surface area (Å²) in [4.78, 5) is 12.5. The van der Waals surface area contributed by atoms with Crippen molar-refractivity contribution >= 4 is 33.2 Å². The first-order valence-corrected chi connectivity index (χ1v) is 11.1. The minimum absolute atomic E-state index is 0.0351. The number of carbonyl (C=O) groups is 1. The molecule has 1 N–H and O–H groups in total. The molecule has 0 radical (unpaired) electrons. The SMILES string of the molecule is COc1cccc(NC(=O)C2CCN(S(=O)(=O)Cc3c(F)cccc3Cl)CC2)c1. The van der Waals surface area contributed by atoms with Gasteiger partial charge in [0.15, 0.2) is 0 Å². The van der Waals surface area contributed by atoms with Crippen LogP contribution in [0.2, 0.25) is 5.02 Å². The number of halogens is 2. The Bertz CT molecular complexity index is 971. The van der Waals surface area contributed by atoms with Crippen LogP contribution >= 0.6 is 11.6 Å². The molecule has 1 fully saturated rings. The number of methoxy groups -OCH3 is 1. The Hall–Kier alpha value is -2.16. The van der Waals surface area contributed by atoms with E-state index in [1.165, 1.54) is 22.5 Å². The van der Waals surface area contributed by atoms with E-state index in [4.69, 9.17) is 16.3 Å². The first-order chi connectivity index (χ1) is 13.8. The van der Waals surface area contributed by atoms with Crippen molar-refractivity contribution in [2.75, 3.05) is 25.5 Å². The number of hydrogen-bond donors (Lipinski definition) is 1. The van der Waals surface area contributed by atoms with Gasteiger partial charge in [-0.05, 0) is 37.1 Å². The molecule has 2 aromatic rings. The summed E-state index contributed by atoms with van der Waals surface area (Å²) >= 11 is 5.95. The van der Waals surface area contributed by atoms with Crippen molar-refractivity contribution in [1.82, 2.24) is 4.31 Å². The lowest BCUT2D eigenvalue weighted by molar-refractivity contribution is -0.120. The number of carbonyl (C=O) groups excluding carboxylic acids is 1. The quantitative estimate of drug-likeness (QED) is 0.743. The van der Waals surface area contributed by atoms with Crippen LogP contribution in [0.4, 0.5) is 10.1 Å². The smallest absolute Gasteiger partial charge is 0.227 e. The average Bonchev–Trinajstić information content (AvgIpc) is 2.71. The number of nitrogens with zero attached hydrogens (tertiary/aromatic N) is 1. The van der Waals surface area contributed by atoms with Crippen molar-refractivity contribution in [3.63, 3.8) is 0 Å². The van der Waals surface area contributed by atoms with Crippen LogP contribution in [0.15, 0.2) is 42.5 Å². The lowest BCUT2D eigenvalue weighted by atomic mass is 9.97. The molecule has 6 nitrogen and oxygen atoms in total. The predicted molar refractivity (Wildman–Crippen MR) is 110 cm³/mol. The molecule has 1 aliphatic rings. The number of hydrogen-bond acceptors (Lipinski definition) is 4. The van der Waals surface area contributed by atoms with E-state index in [1.807, 2.05) is 0 Å². The zero-order valence-electron chi connectivity index (χ0n) is 15.9. The molecule has 156 valence electrons. The van der Waals surface area contributed by atoms with E-state index in [0.717, 1.165) is 0 Å². The fourth-order valence-electron chi connectivity index (χ4n) is 3.29. The number of ether oxygens (including phenoxy) is 1. The number of nitrogens with one attached hydrogen (secondary N) is 1. The van der Waals surface area contributed by atoms with E-state index in [0.29, 0.717) is 24.3 Å². The highest BCUT2D eigenvalue weighted by Crippen LogP contribution is 2.27. The van der Waals surface area contributed by atoms with Crippen LogP contribution in [0.1, 0.15) is 18.4 Å². The lowest BCUT2D eigenvalue weighted by Gasteiger charge is -2.30. The third-order valence-corrected chi connectivity index (χ3v) is 7.10. The Morgan fingerprint density at radius 2 is 1.93 bits per heavy atom. The number of anilines is 1. The fraction of sp³-hybridized carbons (Fsp3) is 0.350. The molecular formula is C20H22ClFN2O4S. The van der Waals surface area contributed by atoms with Crippen molar-refractivity contribution < 1.29 is 22.3 Å². The molecule has 0 bridgehead atoms. The van der Waals surface area contributed by atoms with Crippen LogP contribution in [-0.4, -0.2) is 38.8 Å². The molecule has 0 aliphatic carbocycles. The van der Waals surface area contributed by atoms with Crippen LogP contribution in [-0.2, 0) is 20.6 Å². The minimum Gasteiger partial charge on any atom is -0.497 e. The molecule has 9 heteroatoms. The number of amides is 1. The normalized spacial score (nSPS) is 15.8. The maximum atomic E-state index is 13.9. The Morgan fingerprint density at radius 3 is 2.59 bits per heavy atom. The van der Waals surface area contributed by atoms with Gasteiger partial charge in [-0.25, -0.2) is 17.1 Å². The van der Waals surface area contributed by atoms with E-state index < -0.39 is 21.6 Å². The van der Waals surface area contributed by atoms with Gasteiger partial charge < -0.3 is 10.1 Å². The van der Waals surface area contributed by atoms with E-state index in [2.05, 4.69) is 5.32 Å². The zero-order valence-corrected chi connectivity index (χ0v) is 17.5. The molecule has 2 aromatic carbocycles. The van der Waals surface area contributed by atoms with E-state index in [-0.39, 0.29) is 35.5 Å². The second-order valence-electron chi connectivity index (χ2n) is 6.85. The molecule has 0 spiro atoms. The molecule has 0 atom stereocenters. The molecule has 1 saturated heterocycles. The number of sulfonamides is 1. The van der Waals surface area contributed by atoms with Gasteiger partial charge in [-0.2, -0.15) is 0 Å². The van der Waals surface area contributed by atoms with Gasteiger partial charge in [-0.15, -0.1) is 0 Å². The Balaban J connectivity index is 1.60. The van der Waals surface area contributed by atoms with Gasteiger partial charge in [0, 0.05) is 41.3 Å². The number of rotatable bonds is 6. The van der Waals surface area contributed by atoms with Crippen molar-refractivity contribution in [3.05, 3.63) is 58.9 Å². The highest BCUT2D eigenvalue weighted by molar-refractivity contribution is 7.88. The molecule has 0 saturated carbocycles. The summed E-state index contributed by atoms with van der Waals surface area (Å²) in [5.41, 5.74) is 0.589. The van der Waals surface area contributed by atoms with E-state index >= 15 is 0 Å². The molecule has 0 aromatic heterocycles. The fourth-order valence-corrected chi connectivity index (χ4v) is 5.20. The van der Waals surface area contributed by atoms with Crippen LogP contribution in [0, 0.1) is 11.7 Å².